The first-order chi connectivity index (χ1) is 14.0. The van der Waals surface area contributed by atoms with Crippen LogP contribution in [0, 0.1) is 5.92 Å². The molecule has 158 valence electrons. The van der Waals surface area contributed by atoms with E-state index >= 15 is 0 Å². The molecule has 0 radical (unpaired) electrons. The van der Waals surface area contributed by atoms with Crippen molar-refractivity contribution in [2.45, 2.75) is 37.6 Å². The van der Waals surface area contributed by atoms with Crippen LogP contribution in [0.5, 0.6) is 5.75 Å². The molecular weight excluding hydrogens is 392 g/mol. The van der Waals surface area contributed by atoms with Gasteiger partial charge in [-0.25, -0.2) is 13.4 Å². The first-order valence-electron chi connectivity index (χ1n) is 9.97. The van der Waals surface area contributed by atoms with Gasteiger partial charge < -0.3 is 14.6 Å². The molecule has 29 heavy (non-hydrogen) atoms. The minimum atomic E-state index is -3.63. The van der Waals surface area contributed by atoms with Crippen LogP contribution in [0.3, 0.4) is 0 Å². The molecule has 3 rings (SSSR count). The predicted octanol–water partition coefficient (Wildman–Crippen LogP) is 1.89. The summed E-state index contributed by atoms with van der Waals surface area (Å²) in [5, 5.41) is 2.94. The molecule has 2 heterocycles. The molecule has 1 amide bonds. The summed E-state index contributed by atoms with van der Waals surface area (Å²) < 4.78 is 34.7. The van der Waals surface area contributed by atoms with Crippen LogP contribution in [0.15, 0.2) is 47.9 Å². The van der Waals surface area contributed by atoms with Crippen molar-refractivity contribution >= 4 is 15.9 Å². The second-order valence-corrected chi connectivity index (χ2v) is 8.99. The molecule has 8 nitrogen and oxygen atoms in total. The zero-order chi connectivity index (χ0) is 20.7. The van der Waals surface area contributed by atoms with Crippen molar-refractivity contribution in [1.29, 1.82) is 0 Å². The largest absolute Gasteiger partial charge is 0.494 e. The van der Waals surface area contributed by atoms with E-state index in [9.17, 15) is 13.2 Å². The van der Waals surface area contributed by atoms with Crippen LogP contribution in [0.1, 0.15) is 26.2 Å². The highest BCUT2D eigenvalue weighted by Gasteiger charge is 2.33. The van der Waals surface area contributed by atoms with Crippen molar-refractivity contribution in [3.8, 4) is 5.75 Å². The van der Waals surface area contributed by atoms with E-state index in [1.54, 1.807) is 36.8 Å². The Bertz CT molecular complexity index is 882. The van der Waals surface area contributed by atoms with Gasteiger partial charge in [-0.1, -0.05) is 0 Å². The van der Waals surface area contributed by atoms with E-state index in [0.717, 1.165) is 13.0 Å². The summed E-state index contributed by atoms with van der Waals surface area (Å²) in [6.07, 6.45) is 7.51. The Morgan fingerprint density at radius 1 is 1.31 bits per heavy atom. The van der Waals surface area contributed by atoms with E-state index < -0.39 is 10.0 Å². The Balaban J connectivity index is 1.53. The highest BCUT2D eigenvalue weighted by Crippen LogP contribution is 2.25. The SMILES string of the molecule is CCOc1ccc(S(=O)(=O)N2CCC[C@H](C(=O)NCCCn3ccnc3)C2)cc1. The lowest BCUT2D eigenvalue weighted by Gasteiger charge is -2.31. The Morgan fingerprint density at radius 3 is 2.79 bits per heavy atom. The molecular formula is C20H28N4O4S. The maximum atomic E-state index is 13.0. The van der Waals surface area contributed by atoms with Gasteiger partial charge in [0.2, 0.25) is 15.9 Å². The molecule has 0 bridgehead atoms. The maximum Gasteiger partial charge on any atom is 0.243 e. The number of hydrogen-bond donors (Lipinski definition) is 1. The number of nitrogens with zero attached hydrogens (tertiary/aromatic N) is 3. The van der Waals surface area contributed by atoms with E-state index in [4.69, 9.17) is 4.74 Å². The summed E-state index contributed by atoms with van der Waals surface area (Å²) in [6.45, 7) is 4.38. The second-order valence-electron chi connectivity index (χ2n) is 7.05. The molecule has 0 saturated carbocycles. The molecule has 1 atom stereocenters. The molecule has 1 aromatic heterocycles. The Hall–Kier alpha value is -2.39. The first-order valence-corrected chi connectivity index (χ1v) is 11.4. The van der Waals surface area contributed by atoms with E-state index in [0.29, 0.717) is 38.3 Å². The van der Waals surface area contributed by atoms with Gasteiger partial charge in [-0.15, -0.1) is 0 Å². The van der Waals surface area contributed by atoms with Gasteiger partial charge in [0, 0.05) is 38.6 Å². The number of ether oxygens (including phenoxy) is 1. The number of nitrogens with one attached hydrogen (secondary N) is 1. The van der Waals surface area contributed by atoms with E-state index in [2.05, 4.69) is 10.3 Å². The van der Waals surface area contributed by atoms with E-state index in [1.807, 2.05) is 17.7 Å². The van der Waals surface area contributed by atoms with Crippen LogP contribution < -0.4 is 10.1 Å². The Morgan fingerprint density at radius 2 is 2.10 bits per heavy atom. The number of carbonyl (C=O) groups excluding carboxylic acids is 1. The topological polar surface area (TPSA) is 93.5 Å². The van der Waals surface area contributed by atoms with Crippen molar-refractivity contribution < 1.29 is 17.9 Å². The number of imidazole rings is 1. The van der Waals surface area contributed by atoms with Crippen LogP contribution >= 0.6 is 0 Å². The summed E-state index contributed by atoms with van der Waals surface area (Å²) in [4.78, 5) is 16.7. The molecule has 0 spiro atoms. The highest BCUT2D eigenvalue weighted by atomic mass is 32.2. The monoisotopic (exact) mass is 420 g/mol. The van der Waals surface area contributed by atoms with E-state index in [-0.39, 0.29) is 23.3 Å². The molecule has 0 aliphatic carbocycles. The van der Waals surface area contributed by atoms with Crippen molar-refractivity contribution in [2.75, 3.05) is 26.2 Å². The lowest BCUT2D eigenvalue weighted by molar-refractivity contribution is -0.126. The van der Waals surface area contributed by atoms with E-state index in [1.165, 1.54) is 4.31 Å². The zero-order valence-electron chi connectivity index (χ0n) is 16.7. The van der Waals surface area contributed by atoms with Crippen LogP contribution in [0.25, 0.3) is 0 Å². The van der Waals surface area contributed by atoms with Crippen LogP contribution in [-0.4, -0.2) is 54.4 Å². The standard InChI is InChI=1S/C20H28N4O4S/c1-2-28-18-6-8-19(9-7-18)29(26,27)24-13-3-5-17(15-24)20(25)22-10-4-12-23-14-11-21-16-23/h6-9,11,14,16-17H,2-5,10,12-13,15H2,1H3,(H,22,25)/t17-/m0/s1. The first kappa shape index (κ1) is 21.3. The third-order valence-corrected chi connectivity index (χ3v) is 6.86. The molecule has 1 aliphatic rings. The molecule has 1 aliphatic heterocycles. The normalized spacial score (nSPS) is 17.8. The third-order valence-electron chi connectivity index (χ3n) is 4.98. The summed E-state index contributed by atoms with van der Waals surface area (Å²) in [6, 6.07) is 6.43. The second kappa shape index (κ2) is 9.89. The summed E-state index contributed by atoms with van der Waals surface area (Å²) in [7, 11) is -3.63. The van der Waals surface area contributed by atoms with Gasteiger partial charge in [-0.2, -0.15) is 4.31 Å². The minimum Gasteiger partial charge on any atom is -0.494 e. The number of aryl methyl sites for hydroxylation is 1. The molecule has 1 fully saturated rings. The maximum absolute atomic E-state index is 13.0. The smallest absolute Gasteiger partial charge is 0.243 e. The predicted molar refractivity (Wildman–Crippen MR) is 109 cm³/mol. The fourth-order valence-corrected chi connectivity index (χ4v) is 4.96. The number of rotatable bonds is 9. The number of hydrogen-bond acceptors (Lipinski definition) is 5. The molecule has 2 aromatic rings. The minimum absolute atomic E-state index is 0.0813. The van der Waals surface area contributed by atoms with Gasteiger partial charge in [0.25, 0.3) is 0 Å². The van der Waals surface area contributed by atoms with Crippen molar-refractivity contribution in [1.82, 2.24) is 19.2 Å². The molecule has 1 saturated heterocycles. The lowest BCUT2D eigenvalue weighted by atomic mass is 9.99. The summed E-state index contributed by atoms with van der Waals surface area (Å²) >= 11 is 0. The number of aromatic nitrogens is 2. The molecule has 9 heteroatoms. The lowest BCUT2D eigenvalue weighted by Crippen LogP contribution is -2.45. The van der Waals surface area contributed by atoms with Gasteiger partial charge in [0.05, 0.1) is 23.7 Å². The fourth-order valence-electron chi connectivity index (χ4n) is 3.43. The van der Waals surface area contributed by atoms with Crippen LogP contribution in [0.4, 0.5) is 0 Å². The summed E-state index contributed by atoms with van der Waals surface area (Å²) in [5.41, 5.74) is 0. The van der Waals surface area contributed by atoms with Crippen LogP contribution in [-0.2, 0) is 21.4 Å². The van der Waals surface area contributed by atoms with Gasteiger partial charge in [-0.05, 0) is 50.5 Å². The average Bonchev–Trinajstić information content (AvgIpc) is 3.25. The average molecular weight is 421 g/mol. The number of benzene rings is 1. The molecule has 0 unspecified atom stereocenters. The fraction of sp³-hybridized carbons (Fsp3) is 0.500. The Kier molecular flexibility index (Phi) is 7.27. The van der Waals surface area contributed by atoms with Gasteiger partial charge in [0.1, 0.15) is 5.75 Å². The van der Waals surface area contributed by atoms with Gasteiger partial charge in [-0.3, -0.25) is 4.79 Å². The number of amides is 1. The highest BCUT2D eigenvalue weighted by molar-refractivity contribution is 7.89. The van der Waals surface area contributed by atoms with Gasteiger partial charge in [0.15, 0.2) is 0 Å². The number of sulfonamides is 1. The number of carbonyl (C=O) groups is 1. The quantitative estimate of drug-likeness (QED) is 0.625. The van der Waals surface area contributed by atoms with Crippen molar-refractivity contribution in [2.24, 2.45) is 5.92 Å². The van der Waals surface area contributed by atoms with Crippen molar-refractivity contribution in [3.05, 3.63) is 43.0 Å². The van der Waals surface area contributed by atoms with Gasteiger partial charge >= 0.3 is 0 Å². The molecule has 1 N–H and O–H groups in total. The van der Waals surface area contributed by atoms with Crippen molar-refractivity contribution in [3.63, 3.8) is 0 Å². The summed E-state index contributed by atoms with van der Waals surface area (Å²) in [5.74, 6) is 0.231. The zero-order valence-corrected chi connectivity index (χ0v) is 17.5. The molecule has 1 aromatic carbocycles. The third kappa shape index (κ3) is 5.57. The van der Waals surface area contributed by atoms with Crippen LogP contribution in [0.2, 0.25) is 0 Å². The Labute approximate surface area is 171 Å². The number of piperidine rings is 1.